The van der Waals surface area contributed by atoms with Gasteiger partial charge < -0.3 is 5.32 Å². The first-order chi connectivity index (χ1) is 11.2. The monoisotopic (exact) mass is 343 g/mol. The van der Waals surface area contributed by atoms with Crippen LogP contribution in [-0.2, 0) is 11.2 Å². The van der Waals surface area contributed by atoms with Crippen LogP contribution in [0.3, 0.4) is 0 Å². The topological polar surface area (TPSA) is 54.9 Å². The second kappa shape index (κ2) is 7.10. The van der Waals surface area contributed by atoms with Gasteiger partial charge in [0.05, 0.1) is 5.25 Å². The minimum absolute atomic E-state index is 0.0266. The molecule has 6 heteroatoms. The maximum absolute atomic E-state index is 12.4. The molecule has 0 aliphatic heterocycles. The molecule has 118 valence electrons. The maximum Gasteiger partial charge on any atom is 0.237 e. The van der Waals surface area contributed by atoms with Crippen molar-refractivity contribution in [2.24, 2.45) is 0 Å². The lowest BCUT2D eigenvalue weighted by molar-refractivity contribution is -0.115. The Kier molecular flexibility index (Phi) is 4.93. The number of aryl methyl sites for hydroxylation is 1. The van der Waals surface area contributed by atoms with Gasteiger partial charge in [0, 0.05) is 11.1 Å². The minimum Gasteiger partial charge on any atom is -0.325 e. The van der Waals surface area contributed by atoms with E-state index in [1.807, 2.05) is 42.6 Å². The number of anilines is 1. The van der Waals surface area contributed by atoms with Crippen LogP contribution < -0.4 is 5.32 Å². The van der Waals surface area contributed by atoms with Gasteiger partial charge in [0.15, 0.2) is 0 Å². The second-order valence-electron chi connectivity index (χ2n) is 5.12. The summed E-state index contributed by atoms with van der Waals surface area (Å²) in [5.41, 5.74) is 2.08. The van der Waals surface area contributed by atoms with Crippen molar-refractivity contribution in [3.8, 4) is 0 Å². The van der Waals surface area contributed by atoms with Gasteiger partial charge in [0.2, 0.25) is 5.91 Å². The van der Waals surface area contributed by atoms with Gasteiger partial charge in [0.1, 0.15) is 16.2 Å². The first kappa shape index (κ1) is 16.0. The molecule has 1 amide bonds. The van der Waals surface area contributed by atoms with E-state index in [1.54, 1.807) is 17.7 Å². The molecular formula is C17H17N3OS2. The van der Waals surface area contributed by atoms with Crippen LogP contribution in [0, 0.1) is 0 Å². The highest BCUT2D eigenvalue weighted by Crippen LogP contribution is 2.30. The van der Waals surface area contributed by atoms with E-state index < -0.39 is 0 Å². The Hall–Kier alpha value is -1.92. The average molecular weight is 343 g/mol. The minimum atomic E-state index is -0.237. The predicted molar refractivity (Wildman–Crippen MR) is 97.2 cm³/mol. The maximum atomic E-state index is 12.4. The molecule has 0 aliphatic rings. The number of aromatic nitrogens is 2. The smallest absolute Gasteiger partial charge is 0.237 e. The van der Waals surface area contributed by atoms with Gasteiger partial charge in [-0.1, -0.05) is 30.8 Å². The van der Waals surface area contributed by atoms with Crippen LogP contribution in [0.25, 0.3) is 10.2 Å². The number of fused-ring (bicyclic) bond motifs is 1. The summed E-state index contributed by atoms with van der Waals surface area (Å²) in [6.45, 7) is 4.00. The van der Waals surface area contributed by atoms with E-state index in [4.69, 9.17) is 0 Å². The zero-order valence-corrected chi connectivity index (χ0v) is 14.6. The van der Waals surface area contributed by atoms with E-state index in [-0.39, 0.29) is 11.2 Å². The molecule has 0 unspecified atom stereocenters. The average Bonchev–Trinajstić information content (AvgIpc) is 3.05. The van der Waals surface area contributed by atoms with Crippen LogP contribution in [0.4, 0.5) is 5.69 Å². The van der Waals surface area contributed by atoms with Crippen LogP contribution in [0.5, 0.6) is 0 Å². The van der Waals surface area contributed by atoms with E-state index in [0.717, 1.165) is 27.4 Å². The first-order valence-electron chi connectivity index (χ1n) is 7.42. The summed E-state index contributed by atoms with van der Waals surface area (Å²) >= 11 is 3.03. The number of carbonyl (C=O) groups excluding carboxylic acids is 1. The molecule has 0 fully saturated rings. The summed E-state index contributed by atoms with van der Waals surface area (Å²) in [6.07, 6.45) is 2.54. The zero-order chi connectivity index (χ0) is 16.2. The Morgan fingerprint density at radius 2 is 2.04 bits per heavy atom. The van der Waals surface area contributed by atoms with E-state index >= 15 is 0 Å². The lowest BCUT2D eigenvalue weighted by Crippen LogP contribution is -2.22. The highest BCUT2D eigenvalue weighted by atomic mass is 32.2. The molecule has 0 saturated heterocycles. The quantitative estimate of drug-likeness (QED) is 0.552. The van der Waals surface area contributed by atoms with Gasteiger partial charge in [-0.05, 0) is 42.5 Å². The molecule has 0 saturated carbocycles. The normalized spacial score (nSPS) is 12.3. The Morgan fingerprint density at radius 3 is 2.78 bits per heavy atom. The zero-order valence-electron chi connectivity index (χ0n) is 12.9. The number of benzene rings is 1. The van der Waals surface area contributed by atoms with E-state index in [0.29, 0.717) is 0 Å². The van der Waals surface area contributed by atoms with Crippen molar-refractivity contribution in [3.05, 3.63) is 47.6 Å². The van der Waals surface area contributed by atoms with Gasteiger partial charge in [-0.3, -0.25) is 4.79 Å². The van der Waals surface area contributed by atoms with E-state index in [2.05, 4.69) is 22.2 Å². The summed E-state index contributed by atoms with van der Waals surface area (Å²) in [5, 5.41) is 6.56. The Labute approximate surface area is 143 Å². The van der Waals surface area contributed by atoms with Crippen LogP contribution >= 0.6 is 23.1 Å². The van der Waals surface area contributed by atoms with Crippen molar-refractivity contribution >= 4 is 44.9 Å². The van der Waals surface area contributed by atoms with Gasteiger partial charge in [-0.15, -0.1) is 11.3 Å². The largest absolute Gasteiger partial charge is 0.325 e. The number of carbonyl (C=O) groups is 1. The number of thiophene rings is 1. The molecule has 0 bridgehead atoms. The van der Waals surface area contributed by atoms with Crippen molar-refractivity contribution in [1.82, 2.24) is 9.97 Å². The number of thioether (sulfide) groups is 1. The molecule has 1 atom stereocenters. The third-order valence-corrected chi connectivity index (χ3v) is 5.45. The van der Waals surface area contributed by atoms with Crippen molar-refractivity contribution in [1.29, 1.82) is 0 Å². The lowest BCUT2D eigenvalue weighted by Gasteiger charge is -2.12. The van der Waals surface area contributed by atoms with Crippen LogP contribution in [0.1, 0.15) is 19.4 Å². The number of nitrogens with zero attached hydrogens (tertiary/aromatic N) is 2. The fourth-order valence-corrected chi connectivity index (χ4v) is 3.85. The van der Waals surface area contributed by atoms with E-state index in [1.165, 1.54) is 17.3 Å². The number of amides is 1. The fraction of sp³-hybridized carbons (Fsp3) is 0.235. The second-order valence-corrected chi connectivity index (χ2v) is 7.34. The summed E-state index contributed by atoms with van der Waals surface area (Å²) in [4.78, 5) is 21.9. The Balaban J connectivity index is 1.68. The molecule has 4 nitrogen and oxygen atoms in total. The highest BCUT2D eigenvalue weighted by molar-refractivity contribution is 8.00. The van der Waals surface area contributed by atoms with Gasteiger partial charge in [-0.2, -0.15) is 0 Å². The molecule has 0 spiro atoms. The van der Waals surface area contributed by atoms with Gasteiger partial charge >= 0.3 is 0 Å². The SMILES string of the molecule is CCc1ccc(NC(=O)[C@@H](C)Sc2ncnc3sccc23)cc1. The number of nitrogens with one attached hydrogen (secondary N) is 1. The molecular weight excluding hydrogens is 326 g/mol. The summed E-state index contributed by atoms with van der Waals surface area (Å²) < 4.78 is 0. The summed E-state index contributed by atoms with van der Waals surface area (Å²) in [6, 6.07) is 9.95. The highest BCUT2D eigenvalue weighted by Gasteiger charge is 2.17. The molecule has 2 aromatic heterocycles. The standard InChI is InChI=1S/C17H17N3OS2/c1-3-12-4-6-13(7-5-12)20-15(21)11(2)23-17-14-8-9-22-16(14)18-10-19-17/h4-11H,3H2,1-2H3,(H,20,21)/t11-/m1/s1. The molecule has 0 radical (unpaired) electrons. The molecule has 3 aromatic rings. The first-order valence-corrected chi connectivity index (χ1v) is 9.18. The molecule has 1 N–H and O–H groups in total. The fourth-order valence-electron chi connectivity index (χ4n) is 2.15. The number of hydrogen-bond acceptors (Lipinski definition) is 5. The van der Waals surface area contributed by atoms with Gasteiger partial charge in [0.25, 0.3) is 0 Å². The third-order valence-electron chi connectivity index (χ3n) is 3.51. The van der Waals surface area contributed by atoms with Crippen molar-refractivity contribution in [2.45, 2.75) is 30.5 Å². The van der Waals surface area contributed by atoms with Gasteiger partial charge in [-0.25, -0.2) is 9.97 Å². The predicted octanol–water partition coefficient (Wildman–Crippen LogP) is 4.37. The molecule has 1 aromatic carbocycles. The molecule has 3 rings (SSSR count). The molecule has 2 heterocycles. The van der Waals surface area contributed by atoms with Crippen molar-refractivity contribution in [2.75, 3.05) is 5.32 Å². The van der Waals surface area contributed by atoms with Crippen molar-refractivity contribution < 1.29 is 4.79 Å². The molecule has 0 aliphatic carbocycles. The molecule has 23 heavy (non-hydrogen) atoms. The number of hydrogen-bond donors (Lipinski definition) is 1. The summed E-state index contributed by atoms with van der Waals surface area (Å²) in [5.74, 6) is -0.0266. The van der Waals surface area contributed by atoms with Crippen molar-refractivity contribution in [3.63, 3.8) is 0 Å². The third kappa shape index (κ3) is 3.71. The Bertz CT molecular complexity index is 814. The number of rotatable bonds is 5. The van der Waals surface area contributed by atoms with Crippen LogP contribution in [-0.4, -0.2) is 21.1 Å². The van der Waals surface area contributed by atoms with E-state index in [9.17, 15) is 4.79 Å². The Morgan fingerprint density at radius 1 is 1.26 bits per heavy atom. The summed E-state index contributed by atoms with van der Waals surface area (Å²) in [7, 11) is 0. The van der Waals surface area contributed by atoms with Crippen LogP contribution in [0.2, 0.25) is 0 Å². The van der Waals surface area contributed by atoms with Crippen LogP contribution in [0.15, 0.2) is 47.1 Å². The lowest BCUT2D eigenvalue weighted by atomic mass is 10.1.